The molecule has 0 fully saturated rings. The van der Waals surface area contributed by atoms with Crippen LogP contribution in [0.4, 0.5) is 0 Å². The molecular weight excluding hydrogens is 446 g/mol. The average Bonchev–Trinajstić information content (AvgIpc) is 2.40. The Kier molecular flexibility index (Phi) is 36.3. The first-order valence-corrected chi connectivity index (χ1v) is 6.21. The minimum absolute atomic E-state index is 0. The van der Waals surface area contributed by atoms with Gasteiger partial charge in [-0.3, -0.25) is 0 Å². The van der Waals surface area contributed by atoms with Crippen molar-refractivity contribution in [3.8, 4) is 0 Å². The predicted octanol–water partition coefficient (Wildman–Crippen LogP) is -2.20. The molecule has 0 aromatic heterocycles. The molecule has 2 radical (unpaired) electrons. The molecule has 12 nitrogen and oxygen atoms in total. The molecule has 0 bridgehead atoms. The van der Waals surface area contributed by atoms with Crippen molar-refractivity contribution in [2.75, 3.05) is 0 Å². The molecule has 0 spiro atoms. The first kappa shape index (κ1) is 39.7. The topological polar surface area (TPSA) is 230 Å². The Morgan fingerprint density at radius 3 is 0.500 bits per heavy atom. The number of aliphatic carboxylic acids is 4. The second kappa shape index (κ2) is 23.8. The maximum atomic E-state index is 9.45. The van der Waals surface area contributed by atoms with Crippen molar-refractivity contribution < 1.29 is 94.2 Å². The van der Waals surface area contributed by atoms with Crippen LogP contribution in [0.2, 0.25) is 0 Å². The van der Waals surface area contributed by atoms with Crippen LogP contribution < -0.4 is 0 Å². The Morgan fingerprint density at radius 1 is 0.462 bits per heavy atom. The van der Waals surface area contributed by atoms with Gasteiger partial charge in [-0.25, -0.2) is 19.2 Å². The molecule has 0 aliphatic heterocycles. The molecule has 0 aliphatic carbocycles. The van der Waals surface area contributed by atoms with Crippen LogP contribution in [0.5, 0.6) is 0 Å². The zero-order valence-electron chi connectivity index (χ0n) is 14.3. The van der Waals surface area contributed by atoms with E-state index in [0.29, 0.717) is 0 Å². The molecule has 4 atom stereocenters. The Labute approximate surface area is 170 Å². The number of aliphatic hydroxyl groups excluding tert-OH is 4. The van der Waals surface area contributed by atoms with Crippen LogP contribution in [0.25, 0.3) is 0 Å². The molecule has 0 saturated heterocycles. The maximum Gasteiger partial charge on any atom is 0.332 e. The largest absolute Gasteiger partial charge is 0.479 e. The third-order valence-corrected chi connectivity index (χ3v) is 1.43. The fraction of sp³-hybridized carbons (Fsp3) is 0.667. The van der Waals surface area contributed by atoms with Gasteiger partial charge in [0, 0.05) is 34.1 Å². The van der Waals surface area contributed by atoms with Crippen molar-refractivity contribution in [2.24, 2.45) is 0 Å². The standard InChI is InChI=1S/4C3H6O3.2Mn/c4*1-2(4)3(5)6;;/h4*2,4H,1H3,(H,5,6);;. The number of carboxylic acid groups (broad SMARTS) is 4. The van der Waals surface area contributed by atoms with Crippen LogP contribution >= 0.6 is 0 Å². The third kappa shape index (κ3) is 49.5. The van der Waals surface area contributed by atoms with E-state index >= 15 is 0 Å². The normalized spacial score (nSPS) is 12.6. The number of hydrogen-bond donors (Lipinski definition) is 8. The SMILES string of the molecule is CC(O)C(=O)O.CC(O)C(=O)O.CC(O)C(=O)O.CC(O)C(=O)O.[Mn].[Mn]. The first-order valence-electron chi connectivity index (χ1n) is 6.21. The molecule has 0 aromatic rings. The molecule has 0 aliphatic rings. The van der Waals surface area contributed by atoms with Crippen molar-refractivity contribution in [1.82, 2.24) is 0 Å². The molecule has 0 amide bonds. The van der Waals surface area contributed by atoms with Crippen molar-refractivity contribution >= 4 is 23.9 Å². The molecule has 0 rings (SSSR count). The van der Waals surface area contributed by atoms with E-state index in [4.69, 9.17) is 40.9 Å². The van der Waals surface area contributed by atoms with Crippen LogP contribution in [-0.2, 0) is 53.3 Å². The summed E-state index contributed by atoms with van der Waals surface area (Å²) in [7, 11) is 0. The molecule has 8 N–H and O–H groups in total. The Bertz CT molecular complexity index is 310. The van der Waals surface area contributed by atoms with Crippen LogP contribution in [0.3, 0.4) is 0 Å². The van der Waals surface area contributed by atoms with Crippen LogP contribution in [-0.4, -0.2) is 89.1 Å². The van der Waals surface area contributed by atoms with Gasteiger partial charge in [0.2, 0.25) is 0 Å². The average molecular weight is 470 g/mol. The Balaban J connectivity index is -0.0000000500. The van der Waals surface area contributed by atoms with Gasteiger partial charge in [0.05, 0.1) is 0 Å². The van der Waals surface area contributed by atoms with Gasteiger partial charge < -0.3 is 40.9 Å². The van der Waals surface area contributed by atoms with Gasteiger partial charge in [0.15, 0.2) is 0 Å². The number of hydrogen-bond acceptors (Lipinski definition) is 8. The van der Waals surface area contributed by atoms with Crippen molar-refractivity contribution in [2.45, 2.75) is 52.1 Å². The van der Waals surface area contributed by atoms with Crippen molar-refractivity contribution in [3.05, 3.63) is 0 Å². The van der Waals surface area contributed by atoms with E-state index in [1.54, 1.807) is 0 Å². The van der Waals surface area contributed by atoms with Crippen molar-refractivity contribution in [1.29, 1.82) is 0 Å². The van der Waals surface area contributed by atoms with Gasteiger partial charge in [-0.2, -0.15) is 0 Å². The van der Waals surface area contributed by atoms with Gasteiger partial charge in [-0.15, -0.1) is 0 Å². The number of aliphatic hydroxyl groups is 4. The summed E-state index contributed by atoms with van der Waals surface area (Å²) in [4.78, 5) is 37.8. The molecule has 0 saturated carbocycles. The number of carboxylic acids is 4. The molecular formula is C12H24Mn2O12. The fourth-order valence-electron chi connectivity index (χ4n) is 0. The van der Waals surface area contributed by atoms with E-state index < -0.39 is 48.3 Å². The van der Waals surface area contributed by atoms with Crippen LogP contribution in [0, 0.1) is 0 Å². The van der Waals surface area contributed by atoms with Gasteiger partial charge in [0.25, 0.3) is 0 Å². The second-order valence-corrected chi connectivity index (χ2v) is 4.06. The summed E-state index contributed by atoms with van der Waals surface area (Å²) in [5, 5.41) is 63.1. The van der Waals surface area contributed by atoms with E-state index in [2.05, 4.69) is 0 Å². The molecule has 26 heavy (non-hydrogen) atoms. The molecule has 14 heteroatoms. The van der Waals surface area contributed by atoms with Crippen LogP contribution in [0.1, 0.15) is 27.7 Å². The van der Waals surface area contributed by atoms with Crippen LogP contribution in [0.15, 0.2) is 0 Å². The molecule has 158 valence electrons. The number of carbonyl (C=O) groups is 4. The van der Waals surface area contributed by atoms with Gasteiger partial charge in [0.1, 0.15) is 24.4 Å². The summed E-state index contributed by atoms with van der Waals surface area (Å²) < 4.78 is 0. The Morgan fingerprint density at radius 2 is 0.500 bits per heavy atom. The molecule has 0 heterocycles. The number of rotatable bonds is 4. The van der Waals surface area contributed by atoms with Gasteiger partial charge >= 0.3 is 23.9 Å². The second-order valence-electron chi connectivity index (χ2n) is 4.06. The summed E-state index contributed by atoms with van der Waals surface area (Å²) in [5.74, 6) is -4.74. The summed E-state index contributed by atoms with van der Waals surface area (Å²) in [6, 6.07) is 0. The van der Waals surface area contributed by atoms with Gasteiger partial charge in [-0.1, -0.05) is 0 Å². The van der Waals surface area contributed by atoms with E-state index in [0.717, 1.165) is 0 Å². The summed E-state index contributed by atoms with van der Waals surface area (Å²) in [5.41, 5.74) is 0. The zero-order valence-corrected chi connectivity index (χ0v) is 16.6. The summed E-state index contributed by atoms with van der Waals surface area (Å²) >= 11 is 0. The minimum atomic E-state index is -1.23. The minimum Gasteiger partial charge on any atom is -0.479 e. The van der Waals surface area contributed by atoms with E-state index in [-0.39, 0.29) is 34.1 Å². The monoisotopic (exact) mass is 470 g/mol. The van der Waals surface area contributed by atoms with E-state index in [9.17, 15) is 19.2 Å². The zero-order chi connectivity index (χ0) is 20.6. The maximum absolute atomic E-state index is 9.45. The fourth-order valence-corrected chi connectivity index (χ4v) is 0. The summed E-state index contributed by atoms with van der Waals surface area (Å²) in [6.45, 7) is 4.79. The summed E-state index contributed by atoms with van der Waals surface area (Å²) in [6.07, 6.45) is -4.93. The van der Waals surface area contributed by atoms with Crippen molar-refractivity contribution in [3.63, 3.8) is 0 Å². The van der Waals surface area contributed by atoms with E-state index in [1.165, 1.54) is 27.7 Å². The van der Waals surface area contributed by atoms with Gasteiger partial charge in [-0.05, 0) is 27.7 Å². The van der Waals surface area contributed by atoms with E-state index in [1.807, 2.05) is 0 Å². The molecule has 4 unspecified atom stereocenters. The Hall–Kier alpha value is -1.24. The molecule has 0 aromatic carbocycles. The smallest absolute Gasteiger partial charge is 0.332 e. The predicted molar refractivity (Wildman–Crippen MR) is 77.3 cm³/mol. The quantitative estimate of drug-likeness (QED) is 0.205. The third-order valence-electron chi connectivity index (χ3n) is 1.43. The first-order chi connectivity index (χ1) is 10.6.